The molecular weight excluding hydrogens is 330 g/mol. The molecule has 0 saturated heterocycles. The van der Waals surface area contributed by atoms with Gasteiger partial charge in [0.15, 0.2) is 0 Å². The number of hydrogen-bond acceptors (Lipinski definition) is 5. The summed E-state index contributed by atoms with van der Waals surface area (Å²) in [6.45, 7) is 3.60. The van der Waals surface area contributed by atoms with Gasteiger partial charge in [-0.2, -0.15) is 5.26 Å². The van der Waals surface area contributed by atoms with Crippen LogP contribution in [0.4, 0.5) is 10.7 Å². The number of aryl methyl sites for hydroxylation is 1. The number of nitrogen functional groups attached to an aromatic ring is 1. The number of hydrogen-bond donors (Lipinski definition) is 2. The van der Waals surface area contributed by atoms with Crippen LogP contribution >= 0.6 is 22.9 Å². The Balaban J connectivity index is 2.50. The van der Waals surface area contributed by atoms with Crippen LogP contribution in [0.2, 0.25) is 5.02 Å². The number of thiophene rings is 1. The Kier molecular flexibility index (Phi) is 4.14. The quantitative estimate of drug-likeness (QED) is 0.837. The molecule has 0 radical (unpaired) electrons. The van der Waals surface area contributed by atoms with Gasteiger partial charge < -0.3 is 5.73 Å². The van der Waals surface area contributed by atoms with Gasteiger partial charge in [-0.05, 0) is 37.6 Å². The zero-order valence-electron chi connectivity index (χ0n) is 11.3. The van der Waals surface area contributed by atoms with E-state index in [4.69, 9.17) is 22.6 Å². The third-order valence-corrected chi connectivity index (χ3v) is 5.88. The smallest absolute Gasteiger partial charge is 0.264 e. The van der Waals surface area contributed by atoms with Crippen LogP contribution in [-0.4, -0.2) is 8.42 Å². The van der Waals surface area contributed by atoms with E-state index >= 15 is 0 Å². The van der Waals surface area contributed by atoms with Crippen LogP contribution in [0.5, 0.6) is 0 Å². The van der Waals surface area contributed by atoms with Crippen LogP contribution in [0.25, 0.3) is 0 Å². The number of halogens is 1. The van der Waals surface area contributed by atoms with Gasteiger partial charge in [0.2, 0.25) is 0 Å². The number of nitriles is 1. The minimum Gasteiger partial charge on any atom is -0.398 e. The molecule has 0 fully saturated rings. The molecule has 0 saturated carbocycles. The lowest BCUT2D eigenvalue weighted by Crippen LogP contribution is -2.14. The van der Waals surface area contributed by atoms with Gasteiger partial charge in [-0.25, -0.2) is 8.42 Å². The first-order valence-electron chi connectivity index (χ1n) is 5.84. The highest BCUT2D eigenvalue weighted by Crippen LogP contribution is 2.34. The number of anilines is 2. The number of nitrogens with one attached hydrogen (secondary N) is 1. The third-order valence-electron chi connectivity index (χ3n) is 2.99. The summed E-state index contributed by atoms with van der Waals surface area (Å²) in [7, 11) is -3.90. The zero-order valence-corrected chi connectivity index (χ0v) is 13.7. The molecule has 21 heavy (non-hydrogen) atoms. The summed E-state index contributed by atoms with van der Waals surface area (Å²) in [5, 5.41) is 9.71. The molecule has 0 aliphatic carbocycles. The van der Waals surface area contributed by atoms with E-state index < -0.39 is 10.0 Å². The van der Waals surface area contributed by atoms with Crippen molar-refractivity contribution in [3.8, 4) is 6.07 Å². The minimum absolute atomic E-state index is 0.0930. The first kappa shape index (κ1) is 15.6. The van der Waals surface area contributed by atoms with E-state index in [1.165, 1.54) is 29.5 Å². The van der Waals surface area contributed by atoms with Crippen molar-refractivity contribution in [3.63, 3.8) is 0 Å². The fourth-order valence-electron chi connectivity index (χ4n) is 1.75. The van der Waals surface area contributed by atoms with Crippen molar-refractivity contribution in [2.45, 2.75) is 18.7 Å². The maximum Gasteiger partial charge on any atom is 0.264 e. The Bertz CT molecular complexity index is 851. The molecule has 2 rings (SSSR count). The van der Waals surface area contributed by atoms with Crippen molar-refractivity contribution in [2.75, 3.05) is 10.5 Å². The van der Waals surface area contributed by atoms with Crippen LogP contribution < -0.4 is 10.5 Å². The number of rotatable bonds is 3. The lowest BCUT2D eigenvalue weighted by atomic mass is 10.2. The lowest BCUT2D eigenvalue weighted by Gasteiger charge is -2.09. The van der Waals surface area contributed by atoms with Crippen LogP contribution in [0.15, 0.2) is 23.1 Å². The molecule has 1 heterocycles. The van der Waals surface area contributed by atoms with Crippen molar-refractivity contribution in [3.05, 3.63) is 39.2 Å². The molecule has 0 atom stereocenters. The number of benzene rings is 1. The molecule has 5 nitrogen and oxygen atoms in total. The average molecular weight is 342 g/mol. The van der Waals surface area contributed by atoms with E-state index in [2.05, 4.69) is 4.72 Å². The Morgan fingerprint density at radius 1 is 1.38 bits per heavy atom. The second kappa shape index (κ2) is 5.56. The summed E-state index contributed by atoms with van der Waals surface area (Å²) in [5.74, 6) is 0. The lowest BCUT2D eigenvalue weighted by molar-refractivity contribution is 0.601. The Hall–Kier alpha value is -1.75. The maximum absolute atomic E-state index is 12.4. The standard InChI is InChI=1S/C13H12ClN3O2S2/c1-7-8(2)20-13(10(7)6-15)17-21(18,19)12-5-9(14)3-4-11(12)16/h3-5,17H,16H2,1-2H3. The fourth-order valence-corrected chi connectivity index (χ4v) is 4.46. The van der Waals surface area contributed by atoms with E-state index in [1.54, 1.807) is 6.92 Å². The summed E-state index contributed by atoms with van der Waals surface area (Å²) in [4.78, 5) is 0.769. The SMILES string of the molecule is Cc1sc(NS(=O)(=O)c2cc(Cl)ccc2N)c(C#N)c1C. The Labute approximate surface area is 132 Å². The van der Waals surface area contributed by atoms with E-state index in [-0.39, 0.29) is 20.6 Å². The van der Waals surface area contributed by atoms with Gasteiger partial charge in [-0.15, -0.1) is 11.3 Å². The highest BCUT2D eigenvalue weighted by molar-refractivity contribution is 7.93. The molecule has 1 aromatic heterocycles. The first-order valence-corrected chi connectivity index (χ1v) is 8.52. The minimum atomic E-state index is -3.90. The molecule has 0 unspecified atom stereocenters. The highest BCUT2D eigenvalue weighted by atomic mass is 35.5. The van der Waals surface area contributed by atoms with Crippen molar-refractivity contribution in [1.82, 2.24) is 0 Å². The monoisotopic (exact) mass is 341 g/mol. The number of sulfonamides is 1. The van der Waals surface area contributed by atoms with Crippen LogP contribution in [-0.2, 0) is 10.0 Å². The van der Waals surface area contributed by atoms with Crippen molar-refractivity contribution < 1.29 is 8.42 Å². The van der Waals surface area contributed by atoms with Crippen molar-refractivity contribution in [1.29, 1.82) is 5.26 Å². The van der Waals surface area contributed by atoms with Gasteiger partial charge in [-0.3, -0.25) is 4.72 Å². The highest BCUT2D eigenvalue weighted by Gasteiger charge is 2.22. The van der Waals surface area contributed by atoms with Crippen LogP contribution in [0, 0.1) is 25.2 Å². The Morgan fingerprint density at radius 3 is 2.67 bits per heavy atom. The van der Waals surface area contributed by atoms with E-state index in [0.717, 1.165) is 10.4 Å². The van der Waals surface area contributed by atoms with Crippen LogP contribution in [0.1, 0.15) is 16.0 Å². The molecule has 0 bridgehead atoms. The average Bonchev–Trinajstić information content (AvgIpc) is 2.66. The fraction of sp³-hybridized carbons (Fsp3) is 0.154. The predicted octanol–water partition coefficient (Wildman–Crippen LogP) is 3.27. The van der Waals surface area contributed by atoms with Gasteiger partial charge >= 0.3 is 0 Å². The zero-order chi connectivity index (χ0) is 15.8. The molecule has 0 amide bonds. The summed E-state index contributed by atoms with van der Waals surface area (Å²) in [6.07, 6.45) is 0. The number of nitrogens with zero attached hydrogens (tertiary/aromatic N) is 1. The van der Waals surface area contributed by atoms with Gasteiger partial charge in [0.1, 0.15) is 16.0 Å². The molecule has 0 aliphatic heterocycles. The van der Waals surface area contributed by atoms with E-state index in [0.29, 0.717) is 5.56 Å². The van der Waals surface area contributed by atoms with Gasteiger partial charge in [-0.1, -0.05) is 11.6 Å². The van der Waals surface area contributed by atoms with Gasteiger partial charge in [0.05, 0.1) is 11.3 Å². The summed E-state index contributed by atoms with van der Waals surface area (Å²) >= 11 is 7.03. The molecule has 110 valence electrons. The normalized spacial score (nSPS) is 11.1. The van der Waals surface area contributed by atoms with Crippen molar-refractivity contribution >= 4 is 43.6 Å². The van der Waals surface area contributed by atoms with Gasteiger partial charge in [0, 0.05) is 9.90 Å². The summed E-state index contributed by atoms with van der Waals surface area (Å²) < 4.78 is 27.2. The molecule has 0 spiro atoms. The predicted molar refractivity (Wildman–Crippen MR) is 85.2 cm³/mol. The largest absolute Gasteiger partial charge is 0.398 e. The second-order valence-corrected chi connectivity index (χ2v) is 7.70. The third kappa shape index (κ3) is 2.97. The Morgan fingerprint density at radius 2 is 2.05 bits per heavy atom. The molecule has 3 N–H and O–H groups in total. The first-order chi connectivity index (χ1) is 9.76. The molecule has 1 aromatic carbocycles. The molecule has 0 aliphatic rings. The molecule has 8 heteroatoms. The van der Waals surface area contributed by atoms with E-state index in [1.807, 2.05) is 13.0 Å². The van der Waals surface area contributed by atoms with Crippen LogP contribution in [0.3, 0.4) is 0 Å². The summed E-state index contributed by atoms with van der Waals surface area (Å²) in [5.41, 5.74) is 6.87. The van der Waals surface area contributed by atoms with E-state index in [9.17, 15) is 8.42 Å². The summed E-state index contributed by atoms with van der Waals surface area (Å²) in [6, 6.07) is 6.22. The van der Waals surface area contributed by atoms with Gasteiger partial charge in [0.25, 0.3) is 10.0 Å². The topological polar surface area (TPSA) is 96.0 Å². The number of nitrogens with two attached hydrogens (primary N) is 1. The maximum atomic E-state index is 12.4. The molecule has 2 aromatic rings. The van der Waals surface area contributed by atoms with Crippen molar-refractivity contribution in [2.24, 2.45) is 0 Å². The molecular formula is C13H12ClN3O2S2. The second-order valence-electron chi connectivity index (χ2n) is 4.39.